The second-order valence-electron chi connectivity index (χ2n) is 5.53. The summed E-state index contributed by atoms with van der Waals surface area (Å²) in [5.74, 6) is 0.953. The van der Waals surface area contributed by atoms with E-state index in [0.29, 0.717) is 17.1 Å². The minimum absolute atomic E-state index is 0.434. The van der Waals surface area contributed by atoms with Gasteiger partial charge < -0.3 is 10.6 Å². The molecule has 0 radical (unpaired) electrons. The monoisotopic (exact) mass is 276 g/mol. The summed E-state index contributed by atoms with van der Waals surface area (Å²) >= 11 is 5.15. The van der Waals surface area contributed by atoms with Crippen molar-refractivity contribution < 1.29 is 0 Å². The number of thiocarbonyl (C=S) groups is 1. The Kier molecular flexibility index (Phi) is 3.41. The van der Waals surface area contributed by atoms with Crippen LogP contribution in [0.25, 0.3) is 0 Å². The van der Waals surface area contributed by atoms with Gasteiger partial charge in [-0.2, -0.15) is 0 Å². The van der Waals surface area contributed by atoms with Gasteiger partial charge in [-0.1, -0.05) is 12.2 Å². The number of fused-ring (bicyclic) bond motifs is 1. The number of anilines is 1. The van der Waals surface area contributed by atoms with Crippen molar-refractivity contribution in [3.05, 3.63) is 23.9 Å². The third-order valence-corrected chi connectivity index (χ3v) is 4.48. The zero-order valence-electron chi connectivity index (χ0n) is 11.2. The Labute approximate surface area is 119 Å². The van der Waals surface area contributed by atoms with Crippen LogP contribution in [0.5, 0.6) is 0 Å². The average Bonchev–Trinajstić information content (AvgIpc) is 2.84. The third-order valence-electron chi connectivity index (χ3n) is 4.26. The van der Waals surface area contributed by atoms with Gasteiger partial charge >= 0.3 is 0 Å². The Morgan fingerprint density at radius 1 is 1.47 bits per heavy atom. The van der Waals surface area contributed by atoms with Crippen LogP contribution >= 0.6 is 12.2 Å². The normalized spacial score (nSPS) is 27.3. The van der Waals surface area contributed by atoms with E-state index in [9.17, 15) is 0 Å². The summed E-state index contributed by atoms with van der Waals surface area (Å²) in [5.41, 5.74) is 6.73. The maximum atomic E-state index is 5.83. The van der Waals surface area contributed by atoms with Crippen LogP contribution in [-0.2, 0) is 0 Å². The number of hydrogen-bond donors (Lipinski definition) is 1. The number of pyridine rings is 1. The Balaban J connectivity index is 1.91. The summed E-state index contributed by atoms with van der Waals surface area (Å²) in [7, 11) is 0. The molecule has 0 amide bonds. The van der Waals surface area contributed by atoms with Gasteiger partial charge in [0.25, 0.3) is 0 Å². The first-order chi connectivity index (χ1) is 9.16. The number of nitrogens with zero attached hydrogens (tertiary/aromatic N) is 3. The molecular formula is C14H20N4S. The van der Waals surface area contributed by atoms with Crippen LogP contribution in [0, 0.1) is 0 Å². The maximum absolute atomic E-state index is 5.83. The second-order valence-corrected chi connectivity index (χ2v) is 5.97. The van der Waals surface area contributed by atoms with E-state index in [1.807, 2.05) is 18.3 Å². The van der Waals surface area contributed by atoms with E-state index in [-0.39, 0.29) is 0 Å². The van der Waals surface area contributed by atoms with E-state index in [4.69, 9.17) is 18.0 Å². The van der Waals surface area contributed by atoms with Crippen molar-refractivity contribution in [2.45, 2.75) is 31.8 Å². The maximum Gasteiger partial charge on any atom is 0.139 e. The summed E-state index contributed by atoms with van der Waals surface area (Å²) in [6.07, 6.45) is 4.43. The summed E-state index contributed by atoms with van der Waals surface area (Å²) in [5, 5.41) is 0. The van der Waals surface area contributed by atoms with Crippen LogP contribution in [0.15, 0.2) is 18.3 Å². The highest BCUT2D eigenvalue weighted by Gasteiger charge is 2.35. The highest BCUT2D eigenvalue weighted by atomic mass is 32.1. The molecule has 0 saturated carbocycles. The number of piperazine rings is 1. The Bertz CT molecular complexity index is 490. The zero-order chi connectivity index (χ0) is 13.4. The molecule has 2 N–H and O–H groups in total. The standard InChI is InChI=1S/C14H20N4S/c1-10-8-17-7-3-4-11(17)9-18(10)14-12(13(15)19)5-2-6-16-14/h2,5-6,10-11H,3-4,7-9H2,1H3,(H2,15,19). The minimum Gasteiger partial charge on any atom is -0.389 e. The van der Waals surface area contributed by atoms with E-state index >= 15 is 0 Å². The fourth-order valence-electron chi connectivity index (χ4n) is 3.30. The SMILES string of the molecule is CC1CN2CCCC2CN1c1ncccc1C(N)=S. The Morgan fingerprint density at radius 3 is 3.11 bits per heavy atom. The molecule has 0 aliphatic carbocycles. The molecule has 1 aromatic rings. The molecule has 19 heavy (non-hydrogen) atoms. The van der Waals surface area contributed by atoms with Crippen molar-refractivity contribution in [1.82, 2.24) is 9.88 Å². The van der Waals surface area contributed by atoms with Crippen molar-refractivity contribution in [3.8, 4) is 0 Å². The van der Waals surface area contributed by atoms with E-state index in [1.165, 1.54) is 19.4 Å². The number of nitrogens with two attached hydrogens (primary N) is 1. The van der Waals surface area contributed by atoms with Gasteiger partial charge in [-0.05, 0) is 38.4 Å². The van der Waals surface area contributed by atoms with Crippen molar-refractivity contribution in [3.63, 3.8) is 0 Å². The van der Waals surface area contributed by atoms with Crippen molar-refractivity contribution >= 4 is 23.0 Å². The van der Waals surface area contributed by atoms with Gasteiger partial charge in [0.2, 0.25) is 0 Å². The van der Waals surface area contributed by atoms with E-state index in [0.717, 1.165) is 24.5 Å². The molecule has 2 saturated heterocycles. The van der Waals surface area contributed by atoms with Crippen molar-refractivity contribution in [2.24, 2.45) is 5.73 Å². The molecule has 2 fully saturated rings. The molecule has 5 heteroatoms. The minimum atomic E-state index is 0.434. The van der Waals surface area contributed by atoms with Gasteiger partial charge in [-0.3, -0.25) is 4.90 Å². The summed E-state index contributed by atoms with van der Waals surface area (Å²) in [6.45, 7) is 5.64. The van der Waals surface area contributed by atoms with Gasteiger partial charge in [0.15, 0.2) is 0 Å². The first-order valence-corrected chi connectivity index (χ1v) is 7.33. The molecule has 2 aliphatic rings. The fourth-order valence-corrected chi connectivity index (χ4v) is 3.46. The predicted octanol–water partition coefficient (Wildman–Crippen LogP) is 1.39. The first-order valence-electron chi connectivity index (χ1n) is 6.92. The fraction of sp³-hybridized carbons (Fsp3) is 0.571. The molecule has 3 rings (SSSR count). The lowest BCUT2D eigenvalue weighted by Crippen LogP contribution is -2.55. The zero-order valence-corrected chi connectivity index (χ0v) is 12.1. The molecule has 3 heterocycles. The van der Waals surface area contributed by atoms with Gasteiger partial charge in [0.05, 0.1) is 5.56 Å². The quantitative estimate of drug-likeness (QED) is 0.827. The molecule has 0 bridgehead atoms. The lowest BCUT2D eigenvalue weighted by molar-refractivity contribution is 0.202. The molecule has 4 nitrogen and oxygen atoms in total. The molecule has 2 atom stereocenters. The molecule has 1 aromatic heterocycles. The lowest BCUT2D eigenvalue weighted by Gasteiger charge is -2.43. The highest BCUT2D eigenvalue weighted by molar-refractivity contribution is 7.80. The average molecular weight is 276 g/mol. The van der Waals surface area contributed by atoms with Crippen molar-refractivity contribution in [1.29, 1.82) is 0 Å². The molecular weight excluding hydrogens is 256 g/mol. The first kappa shape index (κ1) is 12.8. The Hall–Kier alpha value is -1.20. The molecule has 2 unspecified atom stereocenters. The smallest absolute Gasteiger partial charge is 0.139 e. The second kappa shape index (κ2) is 5.06. The van der Waals surface area contributed by atoms with E-state index in [2.05, 4.69) is 21.7 Å². The summed E-state index contributed by atoms with van der Waals surface area (Å²) < 4.78 is 0. The third kappa shape index (κ3) is 2.32. The van der Waals surface area contributed by atoms with Gasteiger partial charge in [0.1, 0.15) is 10.8 Å². The summed E-state index contributed by atoms with van der Waals surface area (Å²) in [6, 6.07) is 4.99. The van der Waals surface area contributed by atoms with Crippen LogP contribution in [0.3, 0.4) is 0 Å². The van der Waals surface area contributed by atoms with Crippen molar-refractivity contribution in [2.75, 3.05) is 24.5 Å². The largest absolute Gasteiger partial charge is 0.389 e. The highest BCUT2D eigenvalue weighted by Crippen LogP contribution is 2.29. The van der Waals surface area contributed by atoms with Gasteiger partial charge in [0, 0.05) is 31.4 Å². The lowest BCUT2D eigenvalue weighted by atomic mass is 10.1. The van der Waals surface area contributed by atoms with Gasteiger partial charge in [-0.15, -0.1) is 0 Å². The Morgan fingerprint density at radius 2 is 2.32 bits per heavy atom. The summed E-state index contributed by atoms with van der Waals surface area (Å²) in [4.78, 5) is 9.94. The number of hydrogen-bond acceptors (Lipinski definition) is 4. The molecule has 0 spiro atoms. The molecule has 2 aliphatic heterocycles. The van der Waals surface area contributed by atoms with Crippen LogP contribution < -0.4 is 10.6 Å². The van der Waals surface area contributed by atoms with Crippen LogP contribution in [0.2, 0.25) is 0 Å². The van der Waals surface area contributed by atoms with Crippen LogP contribution in [-0.4, -0.2) is 46.6 Å². The number of rotatable bonds is 2. The van der Waals surface area contributed by atoms with Crippen LogP contribution in [0.4, 0.5) is 5.82 Å². The van der Waals surface area contributed by atoms with E-state index < -0.39 is 0 Å². The number of aromatic nitrogens is 1. The molecule has 102 valence electrons. The topological polar surface area (TPSA) is 45.4 Å². The van der Waals surface area contributed by atoms with Crippen LogP contribution in [0.1, 0.15) is 25.3 Å². The predicted molar refractivity (Wildman–Crippen MR) is 81.5 cm³/mol. The van der Waals surface area contributed by atoms with E-state index in [1.54, 1.807) is 0 Å². The van der Waals surface area contributed by atoms with Gasteiger partial charge in [-0.25, -0.2) is 4.98 Å². The molecule has 0 aromatic carbocycles.